The molecule has 25 heavy (non-hydrogen) atoms. The summed E-state index contributed by atoms with van der Waals surface area (Å²) in [5.41, 5.74) is 5.33. The van der Waals surface area contributed by atoms with Gasteiger partial charge in [-0.3, -0.25) is 14.3 Å². The van der Waals surface area contributed by atoms with Crippen molar-refractivity contribution in [3.63, 3.8) is 0 Å². The molecule has 1 aliphatic heterocycles. The molecule has 4 atom stereocenters. The lowest BCUT2D eigenvalue weighted by Crippen LogP contribution is -2.47. The molecule has 2 rings (SSSR count). The van der Waals surface area contributed by atoms with Crippen molar-refractivity contribution in [3.8, 4) is 0 Å². The zero-order valence-corrected chi connectivity index (χ0v) is 16.7. The molecule has 0 aliphatic carbocycles. The normalized spacial score (nSPS) is 27.7. The minimum Gasteiger partial charge on any atom is -0.414 e. The van der Waals surface area contributed by atoms with Crippen LogP contribution in [-0.2, 0) is 9.16 Å². The minimum atomic E-state index is -1.99. The summed E-state index contributed by atoms with van der Waals surface area (Å²) in [7, 11) is -1.99. The summed E-state index contributed by atoms with van der Waals surface area (Å²) in [5.74, 6) is 0. The summed E-state index contributed by atoms with van der Waals surface area (Å²) in [6.45, 7) is 12.5. The van der Waals surface area contributed by atoms with E-state index >= 15 is 0 Å². The average molecular weight is 372 g/mol. The molecule has 1 aromatic rings. The maximum atomic E-state index is 12.0. The Morgan fingerprint density at radius 1 is 1.40 bits per heavy atom. The van der Waals surface area contributed by atoms with E-state index in [0.29, 0.717) is 5.56 Å². The van der Waals surface area contributed by atoms with Gasteiger partial charge in [0.15, 0.2) is 14.5 Å². The Labute approximate surface area is 148 Å². The van der Waals surface area contributed by atoms with Crippen molar-refractivity contribution in [3.05, 3.63) is 32.6 Å². The van der Waals surface area contributed by atoms with Crippen molar-refractivity contribution in [1.29, 1.82) is 0 Å². The largest absolute Gasteiger partial charge is 0.414 e. The van der Waals surface area contributed by atoms with Gasteiger partial charge in [0.05, 0.1) is 12.6 Å². The number of nitrogens with zero attached hydrogens (tertiary/aromatic N) is 1. The third-order valence-electron chi connectivity index (χ3n) is 5.26. The molecule has 1 saturated heterocycles. The molecule has 142 valence electrons. The van der Waals surface area contributed by atoms with Gasteiger partial charge in [0.2, 0.25) is 0 Å². The summed E-state index contributed by atoms with van der Waals surface area (Å²) in [6.07, 6.45) is -1.19. The fraction of sp³-hybridized carbons (Fsp3) is 0.750. The number of nitrogens with two attached hydrogens (primary N) is 1. The van der Waals surface area contributed by atoms with Gasteiger partial charge < -0.3 is 20.0 Å². The van der Waals surface area contributed by atoms with Crippen LogP contribution in [0.1, 0.15) is 32.6 Å². The second kappa shape index (κ2) is 6.80. The van der Waals surface area contributed by atoms with Gasteiger partial charge in [-0.1, -0.05) is 20.8 Å². The predicted octanol–water partition coefficient (Wildman–Crippen LogP) is 0.452. The van der Waals surface area contributed by atoms with E-state index in [0.717, 1.165) is 0 Å². The van der Waals surface area contributed by atoms with Crippen molar-refractivity contribution in [2.75, 3.05) is 6.61 Å². The van der Waals surface area contributed by atoms with Crippen LogP contribution in [-0.4, -0.2) is 47.8 Å². The van der Waals surface area contributed by atoms with Crippen molar-refractivity contribution in [1.82, 2.24) is 9.55 Å². The Hall–Kier alpha value is -1.26. The second-order valence-corrected chi connectivity index (χ2v) is 13.0. The van der Waals surface area contributed by atoms with Crippen molar-refractivity contribution in [2.45, 2.75) is 70.3 Å². The topological polar surface area (TPSA) is 120 Å². The molecule has 1 unspecified atom stereocenters. The van der Waals surface area contributed by atoms with E-state index in [9.17, 15) is 14.7 Å². The standard InChI is InChI=1S/C16H29N3O5Si/c1-9-7-19(15(22)18-13(9)21)14-12(20)11(17)10(24-14)8-23-25(5,6)16(2,3)4/h7,10-12,14,20H,8,17H2,1-6H3,(H,18,21,22)/t10-,11+,12?,14-/m1/s1. The van der Waals surface area contributed by atoms with Crippen LogP contribution >= 0.6 is 0 Å². The highest BCUT2D eigenvalue weighted by Crippen LogP contribution is 2.37. The Kier molecular flexibility index (Phi) is 5.46. The number of aromatic amines is 1. The lowest BCUT2D eigenvalue weighted by molar-refractivity contribution is -0.0517. The molecule has 1 aliphatic rings. The molecular formula is C16H29N3O5Si. The van der Waals surface area contributed by atoms with Gasteiger partial charge in [-0.05, 0) is 25.1 Å². The molecule has 0 aromatic carbocycles. The number of aliphatic hydroxyl groups excluding tert-OH is 1. The van der Waals surface area contributed by atoms with E-state index in [-0.39, 0.29) is 11.6 Å². The molecule has 0 spiro atoms. The molecule has 8 nitrogen and oxygen atoms in total. The molecule has 2 heterocycles. The zero-order chi connectivity index (χ0) is 19.2. The summed E-state index contributed by atoms with van der Waals surface area (Å²) in [4.78, 5) is 25.8. The molecule has 0 amide bonds. The van der Waals surface area contributed by atoms with E-state index in [1.165, 1.54) is 10.8 Å². The number of ether oxygens (including phenoxy) is 1. The number of aryl methyl sites for hydroxylation is 1. The monoisotopic (exact) mass is 371 g/mol. The molecule has 1 aromatic heterocycles. The summed E-state index contributed by atoms with van der Waals surface area (Å²) < 4.78 is 13.1. The van der Waals surface area contributed by atoms with E-state index in [1.807, 2.05) is 0 Å². The fourth-order valence-corrected chi connectivity index (χ4v) is 3.44. The smallest absolute Gasteiger partial charge is 0.330 e. The first kappa shape index (κ1) is 20.1. The van der Waals surface area contributed by atoms with Crippen molar-refractivity contribution < 1.29 is 14.3 Å². The maximum absolute atomic E-state index is 12.0. The molecule has 0 saturated carbocycles. The molecule has 0 bridgehead atoms. The van der Waals surface area contributed by atoms with Crippen LogP contribution < -0.4 is 17.0 Å². The lowest BCUT2D eigenvalue weighted by Gasteiger charge is -2.37. The van der Waals surface area contributed by atoms with Crippen LogP contribution in [0.5, 0.6) is 0 Å². The third kappa shape index (κ3) is 3.95. The highest BCUT2D eigenvalue weighted by atomic mass is 28.4. The van der Waals surface area contributed by atoms with Gasteiger partial charge in [-0.2, -0.15) is 0 Å². The Bertz CT molecular complexity index is 737. The second-order valence-electron chi connectivity index (χ2n) is 8.18. The zero-order valence-electron chi connectivity index (χ0n) is 15.7. The first-order chi connectivity index (χ1) is 11.3. The maximum Gasteiger partial charge on any atom is 0.330 e. The van der Waals surface area contributed by atoms with Gasteiger partial charge >= 0.3 is 5.69 Å². The van der Waals surface area contributed by atoms with Crippen molar-refractivity contribution >= 4 is 8.32 Å². The van der Waals surface area contributed by atoms with Gasteiger partial charge in [0.25, 0.3) is 5.56 Å². The van der Waals surface area contributed by atoms with E-state index < -0.39 is 44.0 Å². The first-order valence-electron chi connectivity index (χ1n) is 8.40. The molecule has 1 fully saturated rings. The molecular weight excluding hydrogens is 342 g/mol. The first-order valence-corrected chi connectivity index (χ1v) is 11.3. The van der Waals surface area contributed by atoms with Crippen LogP contribution in [0.2, 0.25) is 18.1 Å². The van der Waals surface area contributed by atoms with Gasteiger partial charge in [-0.15, -0.1) is 0 Å². The SMILES string of the molecule is Cc1cn([C@@H]2O[C@H](CO[Si](C)(C)C(C)(C)C)[C@H](N)C2O)c(=O)[nH]c1=O. The number of nitrogens with one attached hydrogen (secondary N) is 1. The summed E-state index contributed by atoms with van der Waals surface area (Å²) >= 11 is 0. The number of hydrogen-bond donors (Lipinski definition) is 3. The van der Waals surface area contributed by atoms with E-state index in [1.54, 1.807) is 6.92 Å². The highest BCUT2D eigenvalue weighted by molar-refractivity contribution is 6.74. The van der Waals surface area contributed by atoms with Crippen LogP contribution in [0, 0.1) is 6.92 Å². The summed E-state index contributed by atoms with van der Waals surface area (Å²) in [5, 5.41) is 10.5. The minimum absolute atomic E-state index is 0.0423. The third-order valence-corrected chi connectivity index (χ3v) is 9.77. The number of aliphatic hydroxyl groups is 1. The van der Waals surface area contributed by atoms with Crippen LogP contribution in [0.4, 0.5) is 0 Å². The average Bonchev–Trinajstić information content (AvgIpc) is 2.76. The Morgan fingerprint density at radius 3 is 2.56 bits per heavy atom. The number of rotatable bonds is 4. The Morgan fingerprint density at radius 2 is 2.00 bits per heavy atom. The quantitative estimate of drug-likeness (QED) is 0.661. The molecule has 0 radical (unpaired) electrons. The van der Waals surface area contributed by atoms with E-state index in [4.69, 9.17) is 14.9 Å². The molecule has 9 heteroatoms. The van der Waals surface area contributed by atoms with Crippen molar-refractivity contribution in [2.24, 2.45) is 5.73 Å². The number of H-pyrrole nitrogens is 1. The fourth-order valence-electron chi connectivity index (χ4n) is 2.42. The van der Waals surface area contributed by atoms with E-state index in [2.05, 4.69) is 38.8 Å². The van der Waals surface area contributed by atoms with Crippen LogP contribution in [0.15, 0.2) is 15.8 Å². The number of hydrogen-bond acceptors (Lipinski definition) is 6. The molecule has 4 N–H and O–H groups in total. The Balaban J connectivity index is 2.18. The van der Waals surface area contributed by atoms with Gasteiger partial charge in [0, 0.05) is 11.8 Å². The van der Waals surface area contributed by atoms with Crippen LogP contribution in [0.3, 0.4) is 0 Å². The number of aromatic nitrogens is 2. The highest BCUT2D eigenvalue weighted by Gasteiger charge is 2.45. The predicted molar refractivity (Wildman–Crippen MR) is 97.1 cm³/mol. The van der Waals surface area contributed by atoms with Gasteiger partial charge in [0.1, 0.15) is 12.2 Å². The summed E-state index contributed by atoms with van der Waals surface area (Å²) in [6, 6.07) is -0.686. The van der Waals surface area contributed by atoms with Gasteiger partial charge in [-0.25, -0.2) is 4.79 Å². The lowest BCUT2D eigenvalue weighted by atomic mass is 10.1. The van der Waals surface area contributed by atoms with Crippen LogP contribution in [0.25, 0.3) is 0 Å².